The van der Waals surface area contributed by atoms with Crippen LogP contribution in [0.5, 0.6) is 5.75 Å². The second kappa shape index (κ2) is 17.6. The summed E-state index contributed by atoms with van der Waals surface area (Å²) in [7, 11) is 0. The van der Waals surface area contributed by atoms with Gasteiger partial charge in [-0.2, -0.15) is 0 Å². The molecular formula is C31H47N5O3. The zero-order valence-electron chi connectivity index (χ0n) is 23.3. The van der Waals surface area contributed by atoms with Gasteiger partial charge in [-0.1, -0.05) is 37.8 Å². The molecule has 8 heteroatoms. The van der Waals surface area contributed by atoms with Crippen molar-refractivity contribution >= 4 is 11.8 Å². The summed E-state index contributed by atoms with van der Waals surface area (Å²) < 4.78 is 5.90. The van der Waals surface area contributed by atoms with Gasteiger partial charge in [-0.15, -0.1) is 0 Å². The van der Waals surface area contributed by atoms with E-state index in [2.05, 4.69) is 15.6 Å². The summed E-state index contributed by atoms with van der Waals surface area (Å²) in [6.07, 6.45) is 13.8. The van der Waals surface area contributed by atoms with Crippen LogP contribution in [-0.4, -0.2) is 43.0 Å². The first-order chi connectivity index (χ1) is 19.1. The van der Waals surface area contributed by atoms with Crippen LogP contribution in [0.3, 0.4) is 0 Å². The lowest BCUT2D eigenvalue weighted by Crippen LogP contribution is -2.40. The third-order valence-corrected chi connectivity index (χ3v) is 7.72. The van der Waals surface area contributed by atoms with Crippen molar-refractivity contribution in [2.24, 2.45) is 23.3 Å². The number of hydrogen-bond donors (Lipinski definition) is 4. The second-order valence-corrected chi connectivity index (χ2v) is 10.7. The van der Waals surface area contributed by atoms with E-state index in [1.165, 1.54) is 12.8 Å². The molecule has 8 nitrogen and oxygen atoms in total. The molecule has 0 spiro atoms. The van der Waals surface area contributed by atoms with Gasteiger partial charge in [-0.25, -0.2) is 0 Å². The minimum atomic E-state index is -0.465. The van der Waals surface area contributed by atoms with Gasteiger partial charge in [0.2, 0.25) is 11.8 Å². The van der Waals surface area contributed by atoms with E-state index in [1.807, 2.05) is 36.4 Å². The number of unbranched alkanes of at least 4 members (excludes halogenated alkanes) is 5. The highest BCUT2D eigenvalue weighted by molar-refractivity contribution is 5.85. The van der Waals surface area contributed by atoms with Crippen LogP contribution in [-0.2, 0) is 16.2 Å². The van der Waals surface area contributed by atoms with Crippen molar-refractivity contribution in [3.8, 4) is 5.75 Å². The van der Waals surface area contributed by atoms with Crippen LogP contribution in [0.15, 0.2) is 48.8 Å². The Bertz CT molecular complexity index is 962. The molecule has 2 aromatic rings. The highest BCUT2D eigenvalue weighted by Gasteiger charge is 2.27. The molecule has 0 aliphatic heterocycles. The highest BCUT2D eigenvalue weighted by atomic mass is 16.5. The summed E-state index contributed by atoms with van der Waals surface area (Å²) in [6, 6.07) is 11.4. The molecule has 2 amide bonds. The molecule has 1 unspecified atom stereocenters. The highest BCUT2D eigenvalue weighted by Crippen LogP contribution is 2.28. The molecule has 1 heterocycles. The van der Waals surface area contributed by atoms with E-state index in [0.29, 0.717) is 25.6 Å². The fourth-order valence-electron chi connectivity index (χ4n) is 5.12. The van der Waals surface area contributed by atoms with E-state index in [4.69, 9.17) is 16.2 Å². The summed E-state index contributed by atoms with van der Waals surface area (Å²) in [5.41, 5.74) is 13.3. The van der Waals surface area contributed by atoms with E-state index >= 15 is 0 Å². The van der Waals surface area contributed by atoms with Crippen molar-refractivity contribution in [2.75, 3.05) is 26.2 Å². The SMILES string of the molecule is NCCCCCCCCNC(=O)C(CNC(=O)C1CCC(CN)CC1)c1ccc(OCc2ccncc2)cc1. The van der Waals surface area contributed by atoms with Crippen LogP contribution in [0.2, 0.25) is 0 Å². The minimum Gasteiger partial charge on any atom is -0.489 e. The molecule has 3 rings (SSSR count). The summed E-state index contributed by atoms with van der Waals surface area (Å²) in [5.74, 6) is 0.763. The largest absolute Gasteiger partial charge is 0.489 e. The molecular weight excluding hydrogens is 490 g/mol. The molecule has 0 saturated heterocycles. The number of aromatic nitrogens is 1. The first kappa shape index (κ1) is 30.6. The predicted octanol–water partition coefficient (Wildman–Crippen LogP) is 4.04. The van der Waals surface area contributed by atoms with Gasteiger partial charge in [0, 0.05) is 31.4 Å². The van der Waals surface area contributed by atoms with E-state index in [9.17, 15) is 9.59 Å². The standard InChI is InChI=1S/C31H47N5O3/c32-17-5-3-1-2-4-6-18-35-31(38)29(22-36-30(37)27-9-7-24(21-33)8-10-27)26-11-13-28(14-12-26)39-23-25-15-19-34-20-16-25/h11-16,19-20,24,27,29H,1-10,17-18,21-23,32-33H2,(H,35,38)(H,36,37). The Morgan fingerprint density at radius 2 is 1.54 bits per heavy atom. The average molecular weight is 538 g/mol. The number of nitrogens with one attached hydrogen (secondary N) is 2. The second-order valence-electron chi connectivity index (χ2n) is 10.7. The van der Waals surface area contributed by atoms with Gasteiger partial charge in [-0.05, 0) is 92.9 Å². The minimum absolute atomic E-state index is 0.000237. The molecule has 1 aliphatic carbocycles. The first-order valence-corrected chi connectivity index (χ1v) is 14.7. The number of pyridine rings is 1. The summed E-state index contributed by atoms with van der Waals surface area (Å²) in [4.78, 5) is 30.2. The summed E-state index contributed by atoms with van der Waals surface area (Å²) >= 11 is 0. The quantitative estimate of drug-likeness (QED) is 0.225. The van der Waals surface area contributed by atoms with Crippen molar-refractivity contribution < 1.29 is 14.3 Å². The van der Waals surface area contributed by atoms with Crippen LogP contribution in [0.25, 0.3) is 0 Å². The maximum atomic E-state index is 13.3. The molecule has 0 bridgehead atoms. The van der Waals surface area contributed by atoms with Crippen molar-refractivity contribution in [1.82, 2.24) is 15.6 Å². The Hall–Kier alpha value is -2.97. The third kappa shape index (κ3) is 11.0. The molecule has 1 aromatic heterocycles. The maximum absolute atomic E-state index is 13.3. The molecule has 1 saturated carbocycles. The Balaban J connectivity index is 1.54. The Labute approximate surface area is 233 Å². The lowest BCUT2D eigenvalue weighted by atomic mass is 9.81. The average Bonchev–Trinajstić information content (AvgIpc) is 2.98. The topological polar surface area (TPSA) is 132 Å². The van der Waals surface area contributed by atoms with E-state index < -0.39 is 5.92 Å². The zero-order valence-corrected chi connectivity index (χ0v) is 23.3. The van der Waals surface area contributed by atoms with E-state index in [1.54, 1.807) is 12.4 Å². The maximum Gasteiger partial charge on any atom is 0.229 e. The van der Waals surface area contributed by atoms with Crippen molar-refractivity contribution in [3.63, 3.8) is 0 Å². The summed E-state index contributed by atoms with van der Waals surface area (Å²) in [5, 5.41) is 6.18. The van der Waals surface area contributed by atoms with E-state index in [-0.39, 0.29) is 24.3 Å². The number of hydrogen-bond acceptors (Lipinski definition) is 6. The van der Waals surface area contributed by atoms with Gasteiger partial charge in [0.05, 0.1) is 5.92 Å². The van der Waals surface area contributed by atoms with Crippen LogP contribution in [0.1, 0.15) is 81.3 Å². The Morgan fingerprint density at radius 3 is 2.21 bits per heavy atom. The van der Waals surface area contributed by atoms with Crippen LogP contribution in [0.4, 0.5) is 0 Å². The first-order valence-electron chi connectivity index (χ1n) is 14.7. The number of carbonyl (C=O) groups excluding carboxylic acids is 2. The van der Waals surface area contributed by atoms with Crippen LogP contribution in [0, 0.1) is 11.8 Å². The number of ether oxygens (including phenoxy) is 1. The Morgan fingerprint density at radius 1 is 0.872 bits per heavy atom. The van der Waals surface area contributed by atoms with Crippen molar-refractivity contribution in [1.29, 1.82) is 0 Å². The fraction of sp³-hybridized carbons (Fsp3) is 0.581. The lowest BCUT2D eigenvalue weighted by Gasteiger charge is -2.27. The number of carbonyl (C=O) groups is 2. The van der Waals surface area contributed by atoms with Gasteiger partial charge >= 0.3 is 0 Å². The molecule has 214 valence electrons. The number of amides is 2. The monoisotopic (exact) mass is 537 g/mol. The molecule has 1 fully saturated rings. The fourth-order valence-corrected chi connectivity index (χ4v) is 5.12. The Kier molecular flexibility index (Phi) is 13.8. The van der Waals surface area contributed by atoms with Crippen molar-refractivity contribution in [2.45, 2.75) is 76.7 Å². The molecule has 1 atom stereocenters. The number of rotatable bonds is 17. The molecule has 39 heavy (non-hydrogen) atoms. The molecule has 1 aromatic carbocycles. The van der Waals surface area contributed by atoms with Gasteiger partial charge in [0.15, 0.2) is 0 Å². The number of nitrogens with zero attached hydrogens (tertiary/aromatic N) is 1. The van der Waals surface area contributed by atoms with Crippen LogP contribution >= 0.6 is 0 Å². The van der Waals surface area contributed by atoms with Gasteiger partial charge < -0.3 is 26.8 Å². The molecule has 6 N–H and O–H groups in total. The molecule has 0 radical (unpaired) electrons. The van der Waals surface area contributed by atoms with Gasteiger partial charge in [0.25, 0.3) is 0 Å². The molecule has 1 aliphatic rings. The number of nitrogens with two attached hydrogens (primary N) is 2. The van der Waals surface area contributed by atoms with E-state index in [0.717, 1.165) is 74.8 Å². The van der Waals surface area contributed by atoms with Crippen molar-refractivity contribution in [3.05, 3.63) is 59.9 Å². The third-order valence-electron chi connectivity index (χ3n) is 7.72. The lowest BCUT2D eigenvalue weighted by molar-refractivity contribution is -0.126. The summed E-state index contributed by atoms with van der Waals surface area (Å²) in [6.45, 7) is 2.79. The smallest absolute Gasteiger partial charge is 0.229 e. The normalized spacial score (nSPS) is 17.8. The predicted molar refractivity (Wildman–Crippen MR) is 155 cm³/mol. The van der Waals surface area contributed by atoms with Crippen LogP contribution < -0.4 is 26.8 Å². The van der Waals surface area contributed by atoms with Gasteiger partial charge in [0.1, 0.15) is 12.4 Å². The zero-order chi connectivity index (χ0) is 27.7. The van der Waals surface area contributed by atoms with Gasteiger partial charge in [-0.3, -0.25) is 14.6 Å². The number of benzene rings is 1.